The van der Waals surface area contributed by atoms with Crippen LogP contribution in [0.1, 0.15) is 33.1 Å². The maximum Gasteiger partial charge on any atom is 0.303 e. The van der Waals surface area contributed by atoms with Crippen LogP contribution >= 0.6 is 0 Å². The van der Waals surface area contributed by atoms with Gasteiger partial charge < -0.3 is 14.9 Å². The van der Waals surface area contributed by atoms with Gasteiger partial charge in [-0.05, 0) is 25.4 Å². The molecule has 0 bridgehead atoms. The third-order valence-corrected chi connectivity index (χ3v) is 3.33. The Morgan fingerprint density at radius 2 is 1.78 bits per heavy atom. The molecule has 1 heterocycles. The van der Waals surface area contributed by atoms with Crippen molar-refractivity contribution >= 4 is 11.9 Å². The Hall–Kier alpha value is -1.10. The molecule has 0 aromatic heterocycles. The fourth-order valence-corrected chi connectivity index (χ4v) is 2.29. The summed E-state index contributed by atoms with van der Waals surface area (Å²) >= 11 is 0. The van der Waals surface area contributed by atoms with Crippen molar-refractivity contribution in [1.82, 2.24) is 9.80 Å². The van der Waals surface area contributed by atoms with Gasteiger partial charge in [-0.1, -0.05) is 13.8 Å². The quantitative estimate of drug-likeness (QED) is 0.816. The lowest BCUT2D eigenvalue weighted by Crippen LogP contribution is -2.37. The first-order valence-corrected chi connectivity index (χ1v) is 6.48. The number of rotatable bonds is 4. The van der Waals surface area contributed by atoms with Crippen LogP contribution in [-0.2, 0) is 9.59 Å². The molecule has 0 saturated carbocycles. The summed E-state index contributed by atoms with van der Waals surface area (Å²) in [5.41, 5.74) is -0.471. The van der Waals surface area contributed by atoms with Crippen LogP contribution in [0.5, 0.6) is 0 Å². The van der Waals surface area contributed by atoms with Crippen molar-refractivity contribution in [3.8, 4) is 0 Å². The second-order valence-corrected chi connectivity index (χ2v) is 5.95. The average molecular weight is 256 g/mol. The minimum absolute atomic E-state index is 0.0342. The highest BCUT2D eigenvalue weighted by Gasteiger charge is 2.28. The predicted octanol–water partition coefficient (Wildman–Crippen LogP) is 1.04. The van der Waals surface area contributed by atoms with Gasteiger partial charge in [0.2, 0.25) is 5.91 Å². The van der Waals surface area contributed by atoms with Crippen LogP contribution in [0.3, 0.4) is 0 Å². The largest absolute Gasteiger partial charge is 0.481 e. The van der Waals surface area contributed by atoms with Crippen LogP contribution in [-0.4, -0.2) is 60.0 Å². The fraction of sp³-hybridized carbons (Fsp3) is 0.846. The zero-order valence-corrected chi connectivity index (χ0v) is 11.6. The molecule has 0 unspecified atom stereocenters. The highest BCUT2D eigenvalue weighted by atomic mass is 16.4. The molecule has 0 atom stereocenters. The van der Waals surface area contributed by atoms with Crippen LogP contribution in [0.25, 0.3) is 0 Å². The molecule has 104 valence electrons. The van der Waals surface area contributed by atoms with Crippen LogP contribution in [0.4, 0.5) is 0 Å². The van der Waals surface area contributed by atoms with E-state index in [-0.39, 0.29) is 12.3 Å². The van der Waals surface area contributed by atoms with Gasteiger partial charge in [0.25, 0.3) is 0 Å². The molecule has 1 amide bonds. The minimum Gasteiger partial charge on any atom is -0.481 e. The summed E-state index contributed by atoms with van der Waals surface area (Å²) < 4.78 is 0. The van der Waals surface area contributed by atoms with E-state index < -0.39 is 11.4 Å². The SMILES string of the molecule is CN1CCCN(C(=O)CC(C)(C)CC(=O)O)CC1. The van der Waals surface area contributed by atoms with Crippen molar-refractivity contribution in [2.75, 3.05) is 33.2 Å². The molecule has 5 heteroatoms. The molecular formula is C13H24N2O3. The third-order valence-electron chi connectivity index (χ3n) is 3.33. The van der Waals surface area contributed by atoms with Gasteiger partial charge >= 0.3 is 5.97 Å². The first-order chi connectivity index (χ1) is 8.30. The molecular weight excluding hydrogens is 232 g/mol. The number of likely N-dealkylation sites (N-methyl/N-ethyl adjacent to an activating group) is 1. The number of aliphatic carboxylic acids is 1. The zero-order chi connectivity index (χ0) is 13.8. The van der Waals surface area contributed by atoms with Crippen LogP contribution in [0, 0.1) is 5.41 Å². The molecule has 0 aromatic carbocycles. The van der Waals surface area contributed by atoms with Gasteiger partial charge in [-0.3, -0.25) is 9.59 Å². The zero-order valence-electron chi connectivity index (χ0n) is 11.6. The Morgan fingerprint density at radius 3 is 2.39 bits per heavy atom. The molecule has 1 rings (SSSR count). The minimum atomic E-state index is -0.844. The number of carboxylic acids is 1. The standard InChI is InChI=1S/C13H24N2O3/c1-13(2,10-12(17)18)9-11(16)15-6-4-5-14(3)7-8-15/h4-10H2,1-3H3,(H,17,18). The van der Waals surface area contributed by atoms with Crippen molar-refractivity contribution in [1.29, 1.82) is 0 Å². The Labute approximate surface area is 109 Å². The normalized spacial score (nSPS) is 18.5. The van der Waals surface area contributed by atoms with Crippen molar-refractivity contribution < 1.29 is 14.7 Å². The molecule has 0 aromatic rings. The first-order valence-electron chi connectivity index (χ1n) is 6.48. The first kappa shape index (κ1) is 15.0. The highest BCUT2D eigenvalue weighted by molar-refractivity contribution is 5.78. The number of hydrogen-bond acceptors (Lipinski definition) is 3. The monoisotopic (exact) mass is 256 g/mol. The summed E-state index contributed by atoms with van der Waals surface area (Å²) in [5, 5.41) is 8.82. The summed E-state index contributed by atoms with van der Waals surface area (Å²) in [4.78, 5) is 27.0. The van der Waals surface area contributed by atoms with Crippen molar-refractivity contribution in [3.63, 3.8) is 0 Å². The van der Waals surface area contributed by atoms with E-state index in [1.165, 1.54) is 0 Å². The molecule has 5 nitrogen and oxygen atoms in total. The van der Waals surface area contributed by atoms with E-state index in [2.05, 4.69) is 11.9 Å². The molecule has 1 aliphatic heterocycles. The van der Waals surface area contributed by atoms with E-state index in [1.807, 2.05) is 18.7 Å². The van der Waals surface area contributed by atoms with Gasteiger partial charge in [0.05, 0.1) is 6.42 Å². The van der Waals surface area contributed by atoms with Gasteiger partial charge in [-0.25, -0.2) is 0 Å². The number of carboxylic acid groups (broad SMARTS) is 1. The number of nitrogens with zero attached hydrogens (tertiary/aromatic N) is 2. The maximum absolute atomic E-state index is 12.2. The van der Waals surface area contributed by atoms with Crippen LogP contribution in [0.2, 0.25) is 0 Å². The van der Waals surface area contributed by atoms with Crippen LogP contribution < -0.4 is 0 Å². The smallest absolute Gasteiger partial charge is 0.303 e. The van der Waals surface area contributed by atoms with Gasteiger partial charge in [0, 0.05) is 26.1 Å². The number of carbonyl (C=O) groups is 2. The number of carbonyl (C=O) groups excluding carboxylic acids is 1. The highest BCUT2D eigenvalue weighted by Crippen LogP contribution is 2.26. The Kier molecular flexibility index (Phi) is 5.14. The molecule has 18 heavy (non-hydrogen) atoms. The third kappa shape index (κ3) is 5.04. The van der Waals surface area contributed by atoms with E-state index in [0.717, 1.165) is 32.6 Å². The van der Waals surface area contributed by atoms with Crippen LogP contribution in [0.15, 0.2) is 0 Å². The van der Waals surface area contributed by atoms with E-state index >= 15 is 0 Å². The lowest BCUT2D eigenvalue weighted by molar-refractivity contribution is -0.140. The summed E-state index contributed by atoms with van der Waals surface area (Å²) in [6, 6.07) is 0. The summed E-state index contributed by atoms with van der Waals surface area (Å²) in [6.07, 6.45) is 1.33. The summed E-state index contributed by atoms with van der Waals surface area (Å²) in [7, 11) is 2.06. The van der Waals surface area contributed by atoms with Crippen molar-refractivity contribution in [3.05, 3.63) is 0 Å². The molecule has 1 saturated heterocycles. The van der Waals surface area contributed by atoms with Gasteiger partial charge in [-0.2, -0.15) is 0 Å². The summed E-state index contributed by atoms with van der Waals surface area (Å²) in [5.74, 6) is -0.764. The molecule has 1 N–H and O–H groups in total. The maximum atomic E-state index is 12.2. The van der Waals surface area contributed by atoms with Crippen molar-refractivity contribution in [2.45, 2.75) is 33.1 Å². The average Bonchev–Trinajstić information content (AvgIpc) is 2.39. The number of amides is 1. The lowest BCUT2D eigenvalue weighted by Gasteiger charge is -2.27. The Balaban J connectivity index is 2.51. The predicted molar refractivity (Wildman–Crippen MR) is 69.3 cm³/mol. The second-order valence-electron chi connectivity index (χ2n) is 5.95. The van der Waals surface area contributed by atoms with E-state index in [4.69, 9.17) is 5.11 Å². The van der Waals surface area contributed by atoms with Gasteiger partial charge in [0.1, 0.15) is 0 Å². The Morgan fingerprint density at radius 1 is 1.11 bits per heavy atom. The molecule has 0 radical (unpaired) electrons. The lowest BCUT2D eigenvalue weighted by atomic mass is 9.85. The molecule has 1 aliphatic rings. The van der Waals surface area contributed by atoms with E-state index in [0.29, 0.717) is 6.42 Å². The van der Waals surface area contributed by atoms with Gasteiger partial charge in [0.15, 0.2) is 0 Å². The van der Waals surface area contributed by atoms with E-state index in [1.54, 1.807) is 0 Å². The topological polar surface area (TPSA) is 60.9 Å². The fourth-order valence-electron chi connectivity index (χ4n) is 2.29. The Bertz CT molecular complexity index is 315. The van der Waals surface area contributed by atoms with Crippen molar-refractivity contribution in [2.24, 2.45) is 5.41 Å². The second kappa shape index (κ2) is 6.18. The summed E-state index contributed by atoms with van der Waals surface area (Å²) in [6.45, 7) is 7.12. The molecule has 1 fully saturated rings. The van der Waals surface area contributed by atoms with Gasteiger partial charge in [-0.15, -0.1) is 0 Å². The molecule has 0 aliphatic carbocycles. The number of hydrogen-bond donors (Lipinski definition) is 1. The van der Waals surface area contributed by atoms with E-state index in [9.17, 15) is 9.59 Å². The molecule has 0 spiro atoms.